The van der Waals surface area contributed by atoms with Crippen LogP contribution in [-0.4, -0.2) is 34.8 Å². The molecule has 1 N–H and O–H groups in total. The molecule has 2 amide bonds. The van der Waals surface area contributed by atoms with Crippen molar-refractivity contribution in [1.29, 1.82) is 0 Å². The summed E-state index contributed by atoms with van der Waals surface area (Å²) in [5.74, 6) is -3.52. The van der Waals surface area contributed by atoms with Crippen molar-refractivity contribution < 1.29 is 18.4 Å². The van der Waals surface area contributed by atoms with Crippen molar-refractivity contribution in [3.8, 4) is 0 Å². The molecule has 5 nitrogen and oxygen atoms in total. The number of halogens is 2. The van der Waals surface area contributed by atoms with Gasteiger partial charge in [0.2, 0.25) is 5.91 Å². The smallest absolute Gasteiger partial charge is 0.257 e. The highest BCUT2D eigenvalue weighted by atomic mass is 19.1. The molecule has 2 rings (SSSR count). The zero-order valence-corrected chi connectivity index (χ0v) is 14.9. The molecule has 7 heteroatoms. The summed E-state index contributed by atoms with van der Waals surface area (Å²) in [6.45, 7) is 3.80. The molecule has 2 aromatic rings. The molecular weight excluding hydrogens is 340 g/mol. The number of pyridine rings is 1. The number of benzene rings is 1. The summed E-state index contributed by atoms with van der Waals surface area (Å²) < 4.78 is 27.6. The number of nitrogens with one attached hydrogen (secondary N) is 1. The Morgan fingerprint density at radius 1 is 1.15 bits per heavy atom. The first-order valence-electron chi connectivity index (χ1n) is 8.20. The predicted molar refractivity (Wildman–Crippen MR) is 93.2 cm³/mol. The van der Waals surface area contributed by atoms with Crippen molar-refractivity contribution in [1.82, 2.24) is 15.2 Å². The maximum atomic E-state index is 13.8. The second-order valence-corrected chi connectivity index (χ2v) is 6.35. The number of carbonyl (C=O) groups excluding carboxylic acids is 2. The zero-order valence-electron chi connectivity index (χ0n) is 14.9. The minimum absolute atomic E-state index is 0.266. The summed E-state index contributed by atoms with van der Waals surface area (Å²) in [4.78, 5) is 30.5. The Balaban J connectivity index is 2.15. The minimum atomic E-state index is -0.971. The van der Waals surface area contributed by atoms with E-state index in [0.717, 1.165) is 17.7 Å². The summed E-state index contributed by atoms with van der Waals surface area (Å²) in [5, 5.41) is 2.46. The Kier molecular flexibility index (Phi) is 6.38. The number of nitrogens with zero attached hydrogens (tertiary/aromatic N) is 2. The van der Waals surface area contributed by atoms with Crippen LogP contribution in [0.15, 0.2) is 42.7 Å². The van der Waals surface area contributed by atoms with Gasteiger partial charge in [-0.1, -0.05) is 26.0 Å². The fourth-order valence-corrected chi connectivity index (χ4v) is 2.52. The van der Waals surface area contributed by atoms with Crippen molar-refractivity contribution in [3.63, 3.8) is 0 Å². The number of aromatic nitrogens is 1. The van der Waals surface area contributed by atoms with Crippen molar-refractivity contribution in [2.24, 2.45) is 5.92 Å². The molecule has 1 heterocycles. The van der Waals surface area contributed by atoms with E-state index in [0.29, 0.717) is 6.54 Å². The molecule has 138 valence electrons. The van der Waals surface area contributed by atoms with Crippen LogP contribution in [0.25, 0.3) is 0 Å². The van der Waals surface area contributed by atoms with Crippen molar-refractivity contribution in [3.05, 3.63) is 65.5 Å². The molecule has 1 atom stereocenters. The molecule has 0 saturated heterocycles. The number of likely N-dealkylation sites (N-methyl/N-ethyl adjacent to an activating group) is 1. The van der Waals surface area contributed by atoms with E-state index in [-0.39, 0.29) is 11.8 Å². The molecule has 0 fully saturated rings. The Morgan fingerprint density at radius 3 is 2.35 bits per heavy atom. The zero-order chi connectivity index (χ0) is 19.3. The third-order valence-corrected chi connectivity index (χ3v) is 3.93. The van der Waals surface area contributed by atoms with Gasteiger partial charge in [0.25, 0.3) is 5.91 Å². The maximum absolute atomic E-state index is 13.8. The van der Waals surface area contributed by atoms with Gasteiger partial charge in [-0.15, -0.1) is 0 Å². The molecule has 1 unspecified atom stereocenters. The molecule has 1 aromatic heterocycles. The lowest BCUT2D eigenvalue weighted by Gasteiger charge is -2.27. The fourth-order valence-electron chi connectivity index (χ4n) is 2.52. The van der Waals surface area contributed by atoms with Crippen molar-refractivity contribution in [2.45, 2.75) is 26.4 Å². The topological polar surface area (TPSA) is 62.3 Å². The third kappa shape index (κ3) is 4.62. The molecule has 0 bridgehead atoms. The SMILES string of the molecule is CC(C)C(NC(=O)c1c(F)cccc1F)C(=O)N(C)Cc1cccnc1. The van der Waals surface area contributed by atoms with E-state index in [2.05, 4.69) is 10.3 Å². The number of rotatable bonds is 6. The quantitative estimate of drug-likeness (QED) is 0.861. The average Bonchev–Trinajstić information content (AvgIpc) is 2.59. The molecule has 26 heavy (non-hydrogen) atoms. The first-order valence-corrected chi connectivity index (χ1v) is 8.20. The van der Waals surface area contributed by atoms with Gasteiger partial charge in [-0.05, 0) is 29.7 Å². The van der Waals surface area contributed by atoms with Gasteiger partial charge in [-0.3, -0.25) is 14.6 Å². The Bertz CT molecular complexity index is 761. The summed E-state index contributed by atoms with van der Waals surface area (Å²) in [7, 11) is 1.60. The average molecular weight is 361 g/mol. The predicted octanol–water partition coefficient (Wildman–Crippen LogP) is 2.77. The van der Waals surface area contributed by atoms with Gasteiger partial charge < -0.3 is 10.2 Å². The van der Waals surface area contributed by atoms with E-state index in [1.54, 1.807) is 39.4 Å². The first kappa shape index (κ1) is 19.5. The van der Waals surface area contributed by atoms with Gasteiger partial charge in [-0.25, -0.2) is 8.78 Å². The number of hydrogen-bond acceptors (Lipinski definition) is 3. The second-order valence-electron chi connectivity index (χ2n) is 6.35. The van der Waals surface area contributed by atoms with E-state index in [4.69, 9.17) is 0 Å². The molecule has 0 aliphatic carbocycles. The monoisotopic (exact) mass is 361 g/mol. The van der Waals surface area contributed by atoms with E-state index >= 15 is 0 Å². The summed E-state index contributed by atoms with van der Waals surface area (Å²) in [6.07, 6.45) is 3.27. The maximum Gasteiger partial charge on any atom is 0.257 e. The van der Waals surface area contributed by atoms with Gasteiger partial charge >= 0.3 is 0 Å². The van der Waals surface area contributed by atoms with Gasteiger partial charge in [0.05, 0.1) is 0 Å². The van der Waals surface area contributed by atoms with Crippen LogP contribution in [-0.2, 0) is 11.3 Å². The van der Waals surface area contributed by atoms with E-state index < -0.39 is 29.1 Å². The normalized spacial score (nSPS) is 11.9. The first-order chi connectivity index (χ1) is 12.3. The highest BCUT2D eigenvalue weighted by molar-refractivity contribution is 5.98. The van der Waals surface area contributed by atoms with Crippen molar-refractivity contribution >= 4 is 11.8 Å². The Morgan fingerprint density at radius 2 is 1.81 bits per heavy atom. The summed E-state index contributed by atoms with van der Waals surface area (Å²) in [5.41, 5.74) is 0.137. The molecule has 0 radical (unpaired) electrons. The van der Waals surface area contributed by atoms with Crippen LogP contribution in [0.5, 0.6) is 0 Å². The van der Waals surface area contributed by atoms with Crippen molar-refractivity contribution in [2.75, 3.05) is 7.05 Å². The third-order valence-electron chi connectivity index (χ3n) is 3.93. The molecule has 0 aliphatic rings. The molecular formula is C19H21F2N3O2. The molecule has 0 spiro atoms. The van der Waals surface area contributed by atoms with Crippen LogP contribution >= 0.6 is 0 Å². The van der Waals surface area contributed by atoms with E-state index in [1.165, 1.54) is 11.0 Å². The standard InChI is InChI=1S/C19H21F2N3O2/c1-12(2)17(19(26)24(3)11-13-6-5-9-22-10-13)23-18(25)16-14(20)7-4-8-15(16)21/h4-10,12,17H,11H2,1-3H3,(H,23,25). The number of amides is 2. The molecule has 0 saturated carbocycles. The number of hydrogen-bond donors (Lipinski definition) is 1. The minimum Gasteiger partial charge on any atom is -0.340 e. The lowest BCUT2D eigenvalue weighted by molar-refractivity contribution is -0.133. The second kappa shape index (κ2) is 8.51. The molecule has 0 aliphatic heterocycles. The van der Waals surface area contributed by atoms with Crippen LogP contribution in [0, 0.1) is 17.6 Å². The number of carbonyl (C=O) groups is 2. The Hall–Kier alpha value is -2.83. The van der Waals surface area contributed by atoms with E-state index in [9.17, 15) is 18.4 Å². The highest BCUT2D eigenvalue weighted by Gasteiger charge is 2.29. The van der Waals surface area contributed by atoms with Crippen LogP contribution in [0.2, 0.25) is 0 Å². The molecule has 1 aromatic carbocycles. The van der Waals surface area contributed by atoms with Crippen LogP contribution < -0.4 is 5.32 Å². The van der Waals surface area contributed by atoms with Gasteiger partial charge in [0.15, 0.2) is 0 Å². The van der Waals surface area contributed by atoms with Gasteiger partial charge in [0, 0.05) is 26.0 Å². The van der Waals surface area contributed by atoms with Gasteiger partial charge in [0.1, 0.15) is 23.2 Å². The summed E-state index contributed by atoms with van der Waals surface area (Å²) in [6, 6.07) is 5.85. The lowest BCUT2D eigenvalue weighted by atomic mass is 10.0. The van der Waals surface area contributed by atoms with Crippen LogP contribution in [0.4, 0.5) is 8.78 Å². The van der Waals surface area contributed by atoms with Crippen LogP contribution in [0.1, 0.15) is 29.8 Å². The van der Waals surface area contributed by atoms with Gasteiger partial charge in [-0.2, -0.15) is 0 Å². The Labute approximate surface area is 151 Å². The fraction of sp³-hybridized carbons (Fsp3) is 0.316. The van der Waals surface area contributed by atoms with E-state index in [1.807, 2.05) is 6.07 Å². The lowest BCUT2D eigenvalue weighted by Crippen LogP contribution is -2.50. The van der Waals surface area contributed by atoms with Crippen LogP contribution in [0.3, 0.4) is 0 Å². The largest absolute Gasteiger partial charge is 0.340 e. The highest BCUT2D eigenvalue weighted by Crippen LogP contribution is 2.14. The summed E-state index contributed by atoms with van der Waals surface area (Å²) >= 11 is 0.